The van der Waals surface area contributed by atoms with Crippen molar-refractivity contribution in [2.45, 2.75) is 70.8 Å². The zero-order valence-electron chi connectivity index (χ0n) is 21.1. The summed E-state index contributed by atoms with van der Waals surface area (Å²) in [5, 5.41) is 5.15. The van der Waals surface area contributed by atoms with Crippen LogP contribution in [0.25, 0.3) is 11.3 Å². The lowest BCUT2D eigenvalue weighted by molar-refractivity contribution is -0.157. The quantitative estimate of drug-likeness (QED) is 0.355. The molecule has 35 heavy (non-hydrogen) atoms. The molecule has 0 bridgehead atoms. The summed E-state index contributed by atoms with van der Waals surface area (Å²) in [5.74, 6) is 0.333. The topological polar surface area (TPSA) is 51.2 Å². The number of thiazole rings is 1. The molecule has 0 spiro atoms. The molecule has 1 unspecified atom stereocenters. The van der Waals surface area contributed by atoms with Crippen LogP contribution in [0.4, 0.5) is 5.13 Å². The van der Waals surface area contributed by atoms with E-state index >= 15 is 0 Å². The van der Waals surface area contributed by atoms with Gasteiger partial charge in [-0.1, -0.05) is 63.1 Å². The lowest BCUT2D eigenvalue weighted by Gasteiger charge is -2.53. The molecule has 2 aliphatic carbocycles. The van der Waals surface area contributed by atoms with Gasteiger partial charge in [-0.15, -0.1) is 11.3 Å². The first-order chi connectivity index (χ1) is 16.7. The maximum absolute atomic E-state index is 13.2. The molecular formula is C29H33ClN2O2S. The van der Waals surface area contributed by atoms with Gasteiger partial charge in [0.1, 0.15) is 0 Å². The van der Waals surface area contributed by atoms with Crippen molar-refractivity contribution in [2.75, 3.05) is 12.4 Å². The Morgan fingerprint density at radius 2 is 1.94 bits per heavy atom. The molecule has 0 saturated heterocycles. The summed E-state index contributed by atoms with van der Waals surface area (Å²) in [7, 11) is 1.51. The smallest absolute Gasteiger partial charge is 0.312 e. The number of aromatic nitrogens is 1. The molecule has 0 amide bonds. The van der Waals surface area contributed by atoms with Gasteiger partial charge in [0.05, 0.1) is 18.2 Å². The Hall–Kier alpha value is -2.37. The fraction of sp³-hybridized carbons (Fsp3) is 0.448. The van der Waals surface area contributed by atoms with Crippen molar-refractivity contribution in [1.29, 1.82) is 0 Å². The molecule has 1 fully saturated rings. The number of hydrogen-bond acceptors (Lipinski definition) is 5. The summed E-state index contributed by atoms with van der Waals surface area (Å²) in [6, 6.07) is 14.7. The SMILES string of the molecule is COC(=O)[C@]1(C)CCC[C@]2(C)c3ccc(C(C)C)cc3-c3nc(NCc4ccc(Cl)cc4)sc3C12. The summed E-state index contributed by atoms with van der Waals surface area (Å²) < 4.78 is 5.38. The van der Waals surface area contributed by atoms with Crippen LogP contribution in [0.1, 0.15) is 80.4 Å². The molecule has 1 heterocycles. The van der Waals surface area contributed by atoms with Crippen LogP contribution in [-0.4, -0.2) is 18.1 Å². The van der Waals surface area contributed by atoms with Crippen molar-refractivity contribution in [3.63, 3.8) is 0 Å². The Labute approximate surface area is 217 Å². The van der Waals surface area contributed by atoms with E-state index in [1.54, 1.807) is 11.3 Å². The number of anilines is 1. The minimum atomic E-state index is -0.592. The normalized spacial score (nSPS) is 24.9. The van der Waals surface area contributed by atoms with E-state index in [1.807, 2.05) is 24.3 Å². The predicted molar refractivity (Wildman–Crippen MR) is 144 cm³/mol. The number of ether oxygens (including phenoxy) is 1. The highest BCUT2D eigenvalue weighted by Crippen LogP contribution is 2.64. The van der Waals surface area contributed by atoms with Crippen LogP contribution in [0.5, 0.6) is 0 Å². The maximum Gasteiger partial charge on any atom is 0.312 e. The average molecular weight is 509 g/mol. The number of esters is 1. The molecule has 6 heteroatoms. The van der Waals surface area contributed by atoms with Crippen molar-refractivity contribution >= 4 is 34.0 Å². The Kier molecular flexibility index (Phi) is 6.21. The third kappa shape index (κ3) is 3.97. The third-order valence-electron chi connectivity index (χ3n) is 8.17. The highest BCUT2D eigenvalue weighted by atomic mass is 35.5. The maximum atomic E-state index is 13.2. The van der Waals surface area contributed by atoms with Crippen LogP contribution in [-0.2, 0) is 21.5 Å². The molecule has 0 aliphatic heterocycles. The molecule has 5 rings (SSSR count). The van der Waals surface area contributed by atoms with Crippen LogP contribution in [0.3, 0.4) is 0 Å². The van der Waals surface area contributed by atoms with E-state index in [1.165, 1.54) is 28.7 Å². The highest BCUT2D eigenvalue weighted by molar-refractivity contribution is 7.16. The minimum absolute atomic E-state index is 0.0205. The predicted octanol–water partition coefficient (Wildman–Crippen LogP) is 7.92. The van der Waals surface area contributed by atoms with E-state index in [-0.39, 0.29) is 17.3 Å². The minimum Gasteiger partial charge on any atom is -0.469 e. The van der Waals surface area contributed by atoms with E-state index in [9.17, 15) is 4.79 Å². The molecule has 184 valence electrons. The van der Waals surface area contributed by atoms with Crippen molar-refractivity contribution in [2.24, 2.45) is 5.41 Å². The largest absolute Gasteiger partial charge is 0.469 e. The first-order valence-electron chi connectivity index (χ1n) is 12.4. The Balaban J connectivity index is 1.64. The number of carbonyl (C=O) groups is 1. The van der Waals surface area contributed by atoms with Gasteiger partial charge >= 0.3 is 5.97 Å². The standard InChI is InChI=1S/C29H33ClN2O2S/c1-17(2)19-9-12-22-21(15-19)23-24(25-28(22,3)13-6-14-29(25,4)26(33)34-5)35-27(32-23)31-16-18-7-10-20(30)11-8-18/h7-12,15,17,25H,6,13-14,16H2,1-5H3,(H,31,32)/t25?,28-,29-/m1/s1. The summed E-state index contributed by atoms with van der Waals surface area (Å²) in [4.78, 5) is 19.6. The van der Waals surface area contributed by atoms with Crippen molar-refractivity contribution in [1.82, 2.24) is 4.98 Å². The monoisotopic (exact) mass is 508 g/mol. The van der Waals surface area contributed by atoms with Crippen molar-refractivity contribution < 1.29 is 9.53 Å². The molecule has 1 saturated carbocycles. The summed E-state index contributed by atoms with van der Waals surface area (Å²) >= 11 is 7.75. The fourth-order valence-corrected chi connectivity index (χ4v) is 7.83. The first kappa shape index (κ1) is 24.3. The average Bonchev–Trinajstić information content (AvgIpc) is 3.26. The first-order valence-corrected chi connectivity index (χ1v) is 13.6. The number of nitrogens with zero attached hydrogens (tertiary/aromatic N) is 1. The lowest BCUT2D eigenvalue weighted by atomic mass is 9.50. The zero-order valence-corrected chi connectivity index (χ0v) is 22.6. The highest BCUT2D eigenvalue weighted by Gasteiger charge is 2.58. The lowest BCUT2D eigenvalue weighted by Crippen LogP contribution is -2.50. The molecular weight excluding hydrogens is 476 g/mol. The molecule has 1 aromatic heterocycles. The molecule has 2 aliphatic rings. The van der Waals surface area contributed by atoms with Crippen molar-refractivity contribution in [3.05, 3.63) is 69.1 Å². The second-order valence-corrected chi connectivity index (χ2v) is 12.3. The summed E-state index contributed by atoms with van der Waals surface area (Å²) in [6.45, 7) is 9.56. The second kappa shape index (κ2) is 8.94. The van der Waals surface area contributed by atoms with Crippen molar-refractivity contribution in [3.8, 4) is 11.3 Å². The van der Waals surface area contributed by atoms with E-state index < -0.39 is 5.41 Å². The summed E-state index contributed by atoms with van der Waals surface area (Å²) in [5.41, 5.74) is 5.26. The van der Waals surface area contributed by atoms with Gasteiger partial charge in [-0.2, -0.15) is 0 Å². The fourth-order valence-electron chi connectivity index (χ4n) is 6.33. The van der Waals surface area contributed by atoms with E-state index in [0.29, 0.717) is 12.5 Å². The molecule has 3 aromatic rings. The van der Waals surface area contributed by atoms with Gasteiger partial charge in [-0.25, -0.2) is 4.98 Å². The second-order valence-electron chi connectivity index (χ2n) is 10.8. The van der Waals surface area contributed by atoms with Gasteiger partial charge in [0, 0.05) is 33.3 Å². The van der Waals surface area contributed by atoms with E-state index in [4.69, 9.17) is 21.3 Å². The van der Waals surface area contributed by atoms with Gasteiger partial charge in [-0.05, 0) is 60.6 Å². The van der Waals surface area contributed by atoms with Gasteiger partial charge in [0.25, 0.3) is 0 Å². The zero-order chi connectivity index (χ0) is 25.0. The molecule has 4 nitrogen and oxygen atoms in total. The molecule has 1 N–H and O–H groups in total. The number of benzene rings is 2. The summed E-state index contributed by atoms with van der Waals surface area (Å²) in [6.07, 6.45) is 2.87. The van der Waals surface area contributed by atoms with Gasteiger partial charge < -0.3 is 10.1 Å². The molecule has 0 radical (unpaired) electrons. The molecule has 3 atom stereocenters. The van der Waals surface area contributed by atoms with Gasteiger partial charge in [0.2, 0.25) is 0 Å². The van der Waals surface area contributed by atoms with E-state index in [0.717, 1.165) is 40.7 Å². The van der Waals surface area contributed by atoms with Crippen LogP contribution in [0.2, 0.25) is 5.02 Å². The van der Waals surface area contributed by atoms with E-state index in [2.05, 4.69) is 51.2 Å². The number of carbonyl (C=O) groups excluding carboxylic acids is 1. The van der Waals surface area contributed by atoms with Crippen LogP contribution in [0, 0.1) is 5.41 Å². The number of hydrogen-bond donors (Lipinski definition) is 1. The van der Waals surface area contributed by atoms with Crippen LogP contribution >= 0.6 is 22.9 Å². The molecule has 2 aromatic carbocycles. The number of nitrogens with one attached hydrogen (secondary N) is 1. The number of halogens is 1. The Morgan fingerprint density at radius 1 is 1.20 bits per heavy atom. The van der Waals surface area contributed by atoms with Crippen LogP contribution in [0.15, 0.2) is 42.5 Å². The number of fused-ring (bicyclic) bond motifs is 6. The number of rotatable bonds is 5. The Morgan fingerprint density at radius 3 is 2.63 bits per heavy atom. The Bertz CT molecular complexity index is 1270. The van der Waals surface area contributed by atoms with Gasteiger partial charge in [-0.3, -0.25) is 4.79 Å². The third-order valence-corrected chi connectivity index (χ3v) is 9.50. The van der Waals surface area contributed by atoms with Gasteiger partial charge in [0.15, 0.2) is 5.13 Å². The number of methoxy groups -OCH3 is 1. The van der Waals surface area contributed by atoms with Crippen LogP contribution < -0.4 is 5.32 Å².